The van der Waals surface area contributed by atoms with Crippen molar-refractivity contribution in [3.63, 3.8) is 0 Å². The van der Waals surface area contributed by atoms with Crippen molar-refractivity contribution in [3.05, 3.63) is 137 Å². The number of benzene rings is 4. The second-order valence-electron chi connectivity index (χ2n) is 13.1. The fourth-order valence-electron chi connectivity index (χ4n) is 8.17. The fraction of sp³-hybridized carbons (Fsp3) is 0.415. The Hall–Kier alpha value is -3.48. The van der Waals surface area contributed by atoms with Gasteiger partial charge in [-0.2, -0.15) is 0 Å². The van der Waals surface area contributed by atoms with Crippen molar-refractivity contribution >= 4 is 0 Å². The van der Waals surface area contributed by atoms with E-state index in [2.05, 4.69) is 66.0 Å². The van der Waals surface area contributed by atoms with Crippen molar-refractivity contribution in [3.8, 4) is 5.75 Å². The predicted molar refractivity (Wildman–Crippen MR) is 187 cm³/mol. The largest absolute Gasteiger partial charge is 0.489 e. The summed E-state index contributed by atoms with van der Waals surface area (Å²) in [4.78, 5) is 4.02. The van der Waals surface area contributed by atoms with Gasteiger partial charge in [0.1, 0.15) is 12.4 Å². The van der Waals surface area contributed by atoms with Gasteiger partial charge in [0.15, 0.2) is 0 Å². The molecule has 5 nitrogen and oxygen atoms in total. The molecule has 0 bridgehead atoms. The minimum atomic E-state index is 0.635. The van der Waals surface area contributed by atoms with Gasteiger partial charge in [-0.15, -0.1) is 10.6 Å². The molecule has 3 aliphatic rings. The lowest BCUT2D eigenvalue weighted by atomic mass is 9.56. The molecule has 0 amide bonds. The minimum absolute atomic E-state index is 0.635. The number of nitrogens with zero attached hydrogens (tertiary/aromatic N) is 1. The van der Waals surface area contributed by atoms with Crippen molar-refractivity contribution in [2.45, 2.75) is 91.3 Å². The summed E-state index contributed by atoms with van der Waals surface area (Å²) < 4.78 is 6.08. The maximum absolute atomic E-state index is 8.54. The van der Waals surface area contributed by atoms with Gasteiger partial charge in [-0.3, -0.25) is 0 Å². The number of fused-ring (bicyclic) bond motifs is 5. The summed E-state index contributed by atoms with van der Waals surface area (Å²) in [6.07, 6.45) is 9.87. The zero-order valence-electron chi connectivity index (χ0n) is 27.9. The summed E-state index contributed by atoms with van der Waals surface area (Å²) >= 11 is 0. The molecule has 4 aromatic carbocycles. The van der Waals surface area contributed by atoms with Gasteiger partial charge in [0, 0.05) is 13.1 Å². The lowest BCUT2D eigenvalue weighted by Gasteiger charge is -2.49. The molecule has 0 spiro atoms. The molecule has 0 saturated heterocycles. The van der Waals surface area contributed by atoms with Crippen LogP contribution < -0.4 is 10.3 Å². The molecule has 4 aromatic rings. The van der Waals surface area contributed by atoms with Crippen LogP contribution in [0.15, 0.2) is 109 Å². The van der Waals surface area contributed by atoms with Crippen molar-refractivity contribution in [1.29, 1.82) is 0 Å². The van der Waals surface area contributed by atoms with E-state index in [9.17, 15) is 0 Å². The highest BCUT2D eigenvalue weighted by Crippen LogP contribution is 2.60. The molecule has 4 atom stereocenters. The standard InChI is InChI=1S/C25H30O.C14H16N2O2.C2H6/c1-25-14-5-8-24(25)23-11-9-19-16-20(10-12-21(19)22(23)13-15-25)26-17-18-6-3-2-4-7-18;17-18-15-16(11-13-7-3-1-4-8-13)12-14-9-5-2-6-10-14;1-2/h2-4,6-7,10,12,16,22-24H,5,8-9,11,13-15,17H2,1H3;1-10,15,17H,11-12H2;1-2H3. The molecular formula is C41H52N2O3. The van der Waals surface area contributed by atoms with Gasteiger partial charge >= 0.3 is 0 Å². The SMILES string of the molecule is CC.CC12CCCC1C1CCc3cc(OCc4ccccc4)ccc3C1CC2.OONN(Cc1ccccc1)Cc1ccccc1. The van der Waals surface area contributed by atoms with Crippen LogP contribution in [0.4, 0.5) is 0 Å². The molecule has 2 fully saturated rings. The van der Waals surface area contributed by atoms with Crippen molar-refractivity contribution < 1.29 is 15.0 Å². The number of nitrogens with one attached hydrogen (secondary N) is 1. The van der Waals surface area contributed by atoms with E-state index in [1.165, 1.54) is 50.5 Å². The summed E-state index contributed by atoms with van der Waals surface area (Å²) in [5.41, 5.74) is 9.82. The summed E-state index contributed by atoms with van der Waals surface area (Å²) in [6.45, 7) is 8.51. The van der Waals surface area contributed by atoms with Crippen molar-refractivity contribution in [1.82, 2.24) is 10.6 Å². The Balaban J connectivity index is 0.000000183. The second-order valence-corrected chi connectivity index (χ2v) is 13.1. The average molecular weight is 621 g/mol. The zero-order chi connectivity index (χ0) is 32.2. The number of rotatable bonds is 9. The summed E-state index contributed by atoms with van der Waals surface area (Å²) in [7, 11) is 0. The van der Waals surface area contributed by atoms with E-state index in [0.717, 1.165) is 34.6 Å². The molecule has 0 radical (unpaired) electrons. The van der Waals surface area contributed by atoms with E-state index in [0.29, 0.717) is 25.1 Å². The van der Waals surface area contributed by atoms with Crippen molar-refractivity contribution in [2.75, 3.05) is 0 Å². The van der Waals surface area contributed by atoms with Crippen LogP contribution in [0, 0.1) is 17.3 Å². The molecular weight excluding hydrogens is 568 g/mol. The maximum atomic E-state index is 8.54. The first kappa shape index (κ1) is 33.9. The first-order chi connectivity index (χ1) is 22.6. The Morgan fingerprint density at radius 2 is 1.37 bits per heavy atom. The molecule has 0 aromatic heterocycles. The molecule has 244 valence electrons. The number of aryl methyl sites for hydroxylation is 1. The molecule has 2 N–H and O–H groups in total. The highest BCUT2D eigenvalue weighted by Gasteiger charge is 2.50. The highest BCUT2D eigenvalue weighted by molar-refractivity contribution is 5.41. The van der Waals surface area contributed by atoms with Crippen LogP contribution in [-0.4, -0.2) is 10.3 Å². The lowest BCUT2D eigenvalue weighted by molar-refractivity contribution is -0.336. The summed E-state index contributed by atoms with van der Waals surface area (Å²) in [5, 5.41) is 10.3. The molecule has 4 unspecified atom stereocenters. The number of hydrazine groups is 1. The third-order valence-corrected chi connectivity index (χ3v) is 10.3. The number of ether oxygens (including phenoxy) is 1. The molecule has 3 aliphatic carbocycles. The topological polar surface area (TPSA) is 54.0 Å². The van der Waals surface area contributed by atoms with Gasteiger partial charge in [-0.1, -0.05) is 124 Å². The van der Waals surface area contributed by atoms with Crippen LogP contribution in [0.2, 0.25) is 0 Å². The number of hydrogen-bond acceptors (Lipinski definition) is 5. The van der Waals surface area contributed by atoms with Crippen LogP contribution in [0.5, 0.6) is 5.75 Å². The highest BCUT2D eigenvalue weighted by atomic mass is 17.2. The van der Waals surface area contributed by atoms with E-state index >= 15 is 0 Å². The van der Waals surface area contributed by atoms with E-state index in [1.54, 1.807) is 16.1 Å². The van der Waals surface area contributed by atoms with Crippen LogP contribution in [0.3, 0.4) is 0 Å². The van der Waals surface area contributed by atoms with E-state index in [-0.39, 0.29) is 0 Å². The molecule has 0 aliphatic heterocycles. The molecule has 46 heavy (non-hydrogen) atoms. The normalized spacial score (nSPS) is 22.7. The lowest BCUT2D eigenvalue weighted by Crippen LogP contribution is -2.39. The summed E-state index contributed by atoms with van der Waals surface area (Å²) in [6, 6.07) is 37.4. The molecule has 0 heterocycles. The van der Waals surface area contributed by atoms with Crippen molar-refractivity contribution in [2.24, 2.45) is 17.3 Å². The predicted octanol–water partition coefficient (Wildman–Crippen LogP) is 10.1. The first-order valence-corrected chi connectivity index (χ1v) is 17.3. The smallest absolute Gasteiger partial charge is 0.120 e. The Labute approximate surface area is 276 Å². The fourth-order valence-corrected chi connectivity index (χ4v) is 8.17. The van der Waals surface area contributed by atoms with Crippen LogP contribution in [0.25, 0.3) is 0 Å². The van der Waals surface area contributed by atoms with Crippen LogP contribution >= 0.6 is 0 Å². The summed E-state index contributed by atoms with van der Waals surface area (Å²) in [5.74, 6) is 3.74. The Morgan fingerprint density at radius 1 is 0.761 bits per heavy atom. The third kappa shape index (κ3) is 8.65. The van der Waals surface area contributed by atoms with Crippen LogP contribution in [-0.2, 0) is 31.1 Å². The Bertz CT molecular complexity index is 1410. The van der Waals surface area contributed by atoms with E-state index < -0.39 is 0 Å². The Morgan fingerprint density at radius 3 is 1.98 bits per heavy atom. The van der Waals surface area contributed by atoms with E-state index in [4.69, 9.17) is 9.99 Å². The number of hydrogen-bond donors (Lipinski definition) is 2. The third-order valence-electron chi connectivity index (χ3n) is 10.3. The van der Waals surface area contributed by atoms with Crippen LogP contribution in [0.1, 0.15) is 93.0 Å². The average Bonchev–Trinajstić information content (AvgIpc) is 3.52. The Kier molecular flexibility index (Phi) is 12.4. The van der Waals surface area contributed by atoms with Gasteiger partial charge in [0.05, 0.1) is 0 Å². The zero-order valence-corrected chi connectivity index (χ0v) is 27.9. The maximum Gasteiger partial charge on any atom is 0.120 e. The molecule has 7 rings (SSSR count). The van der Waals surface area contributed by atoms with Gasteiger partial charge in [-0.05, 0) is 102 Å². The van der Waals surface area contributed by atoms with Gasteiger partial charge < -0.3 is 4.74 Å². The first-order valence-electron chi connectivity index (χ1n) is 17.3. The molecule has 5 heteroatoms. The monoisotopic (exact) mass is 620 g/mol. The van der Waals surface area contributed by atoms with Gasteiger partial charge in [0.25, 0.3) is 0 Å². The van der Waals surface area contributed by atoms with Gasteiger partial charge in [0.2, 0.25) is 0 Å². The minimum Gasteiger partial charge on any atom is -0.489 e. The van der Waals surface area contributed by atoms with Gasteiger partial charge in [-0.25, -0.2) is 10.3 Å². The van der Waals surface area contributed by atoms with E-state index in [1.807, 2.05) is 74.5 Å². The molecule has 2 saturated carbocycles. The quantitative estimate of drug-likeness (QED) is 0.144. The second kappa shape index (κ2) is 16.9.